The van der Waals surface area contributed by atoms with E-state index in [4.69, 9.17) is 4.74 Å². The molecule has 34 heavy (non-hydrogen) atoms. The lowest BCUT2D eigenvalue weighted by atomic mass is 9.84. The van der Waals surface area contributed by atoms with Gasteiger partial charge in [0.05, 0.1) is 6.61 Å². The van der Waals surface area contributed by atoms with E-state index >= 15 is 0 Å². The van der Waals surface area contributed by atoms with Crippen LogP contribution in [0.2, 0.25) is 0 Å². The van der Waals surface area contributed by atoms with E-state index in [9.17, 15) is 9.59 Å². The summed E-state index contributed by atoms with van der Waals surface area (Å²) < 4.78 is 5.99. The van der Waals surface area contributed by atoms with Crippen molar-refractivity contribution in [2.24, 2.45) is 0 Å². The molecule has 0 spiro atoms. The van der Waals surface area contributed by atoms with Crippen LogP contribution in [-0.2, 0) is 16.0 Å². The molecule has 1 aromatic heterocycles. The second-order valence-electron chi connectivity index (χ2n) is 9.72. The Morgan fingerprint density at radius 2 is 1.76 bits per heavy atom. The van der Waals surface area contributed by atoms with Gasteiger partial charge in [-0.3, -0.25) is 9.59 Å². The Morgan fingerprint density at radius 1 is 1.00 bits per heavy atom. The summed E-state index contributed by atoms with van der Waals surface area (Å²) in [7, 11) is 0. The molecule has 2 aromatic carbocycles. The third-order valence-electron chi connectivity index (χ3n) is 7.82. The lowest BCUT2D eigenvalue weighted by Crippen LogP contribution is -2.65. The molecule has 2 atom stereocenters. The number of H-pyrrole nitrogens is 1. The van der Waals surface area contributed by atoms with Crippen LogP contribution in [0, 0.1) is 0 Å². The quantitative estimate of drug-likeness (QED) is 0.624. The van der Waals surface area contributed by atoms with E-state index in [1.807, 2.05) is 53.1 Å². The molecule has 2 amide bonds. The number of hydrogen-bond acceptors (Lipinski definition) is 3. The molecule has 1 saturated carbocycles. The maximum Gasteiger partial charge on any atom is 0.246 e. The molecule has 1 aliphatic carbocycles. The molecule has 2 fully saturated rings. The zero-order valence-electron chi connectivity index (χ0n) is 19.6. The minimum absolute atomic E-state index is 0.0239. The highest BCUT2D eigenvalue weighted by molar-refractivity contribution is 5.98. The molecule has 3 aromatic rings. The van der Waals surface area contributed by atoms with Crippen molar-refractivity contribution in [3.8, 4) is 5.75 Å². The second-order valence-corrected chi connectivity index (χ2v) is 9.72. The number of aromatic nitrogens is 1. The van der Waals surface area contributed by atoms with E-state index < -0.39 is 6.04 Å². The first kappa shape index (κ1) is 21.3. The normalized spacial score (nSPS) is 23.2. The van der Waals surface area contributed by atoms with E-state index in [1.54, 1.807) is 0 Å². The molecule has 6 heteroatoms. The number of nitrogens with zero attached hydrogens (tertiary/aromatic N) is 2. The van der Waals surface area contributed by atoms with Crippen LogP contribution in [-0.4, -0.2) is 51.8 Å². The van der Waals surface area contributed by atoms with Crippen molar-refractivity contribution in [2.45, 2.75) is 63.6 Å². The van der Waals surface area contributed by atoms with Crippen molar-refractivity contribution >= 4 is 22.7 Å². The van der Waals surface area contributed by atoms with Crippen LogP contribution < -0.4 is 4.74 Å². The maximum absolute atomic E-state index is 14.0. The summed E-state index contributed by atoms with van der Waals surface area (Å²) >= 11 is 0. The van der Waals surface area contributed by atoms with Gasteiger partial charge in [-0.15, -0.1) is 0 Å². The van der Waals surface area contributed by atoms with Gasteiger partial charge in [-0.25, -0.2) is 0 Å². The monoisotopic (exact) mass is 457 g/mol. The molecule has 1 saturated heterocycles. The van der Waals surface area contributed by atoms with Crippen LogP contribution in [0.3, 0.4) is 0 Å². The number of aromatic amines is 1. The van der Waals surface area contributed by atoms with Gasteiger partial charge in [0.25, 0.3) is 0 Å². The average molecular weight is 458 g/mol. The molecule has 0 radical (unpaired) electrons. The van der Waals surface area contributed by atoms with Gasteiger partial charge in [0, 0.05) is 34.6 Å². The zero-order valence-corrected chi connectivity index (χ0v) is 19.6. The summed E-state index contributed by atoms with van der Waals surface area (Å²) in [6.45, 7) is 2.67. The molecule has 176 valence electrons. The van der Waals surface area contributed by atoms with Gasteiger partial charge in [0.15, 0.2) is 0 Å². The Balaban J connectivity index is 1.50. The van der Waals surface area contributed by atoms with Crippen LogP contribution in [0.4, 0.5) is 0 Å². The van der Waals surface area contributed by atoms with Gasteiger partial charge in [0.1, 0.15) is 24.4 Å². The summed E-state index contributed by atoms with van der Waals surface area (Å²) in [5.41, 5.74) is 4.10. The van der Waals surface area contributed by atoms with E-state index in [-0.39, 0.29) is 30.4 Å². The third-order valence-corrected chi connectivity index (χ3v) is 7.82. The fourth-order valence-electron chi connectivity index (χ4n) is 6.31. The molecule has 2 unspecified atom stereocenters. The lowest BCUT2D eigenvalue weighted by molar-refractivity contribution is -0.161. The summed E-state index contributed by atoms with van der Waals surface area (Å²) in [6, 6.07) is 15.5. The summed E-state index contributed by atoms with van der Waals surface area (Å²) in [4.78, 5) is 35.1. The number of ether oxygens (including phenoxy) is 1. The summed E-state index contributed by atoms with van der Waals surface area (Å²) in [6.07, 6.45) is 6.03. The van der Waals surface area contributed by atoms with Crippen molar-refractivity contribution in [1.82, 2.24) is 14.8 Å². The van der Waals surface area contributed by atoms with Crippen molar-refractivity contribution < 1.29 is 14.3 Å². The van der Waals surface area contributed by atoms with Crippen LogP contribution in [0.1, 0.15) is 61.9 Å². The van der Waals surface area contributed by atoms with E-state index in [2.05, 4.69) is 17.1 Å². The Kier molecular flexibility index (Phi) is 5.31. The molecule has 3 heterocycles. The van der Waals surface area contributed by atoms with Gasteiger partial charge in [-0.2, -0.15) is 0 Å². The van der Waals surface area contributed by atoms with Crippen LogP contribution in [0.15, 0.2) is 48.5 Å². The van der Waals surface area contributed by atoms with Gasteiger partial charge in [0.2, 0.25) is 11.8 Å². The minimum Gasteiger partial charge on any atom is -0.494 e. The van der Waals surface area contributed by atoms with Crippen LogP contribution in [0.25, 0.3) is 10.9 Å². The zero-order chi connectivity index (χ0) is 23.2. The maximum atomic E-state index is 14.0. The van der Waals surface area contributed by atoms with Crippen molar-refractivity contribution in [2.75, 3.05) is 13.2 Å². The fourth-order valence-corrected chi connectivity index (χ4v) is 6.31. The molecule has 6 rings (SSSR count). The van der Waals surface area contributed by atoms with Gasteiger partial charge < -0.3 is 19.5 Å². The van der Waals surface area contributed by atoms with E-state index in [1.165, 1.54) is 6.42 Å². The standard InChI is InChI=1S/C28H31N3O3/c1-2-34-24-15-9-7-13-20(24)27-26-21(19-12-6-8-14-22(19)29-26)16-23-28(33)30(17-25(32)31(23)27)18-10-4-3-5-11-18/h6-9,12-15,18,23,27,29H,2-5,10-11,16-17H2,1H3. The minimum atomic E-state index is -0.491. The molecule has 1 N–H and O–H groups in total. The highest BCUT2D eigenvalue weighted by Crippen LogP contribution is 2.45. The van der Waals surface area contributed by atoms with Gasteiger partial charge >= 0.3 is 0 Å². The molecular weight excluding hydrogens is 426 g/mol. The van der Waals surface area contributed by atoms with E-state index in [0.29, 0.717) is 13.0 Å². The Bertz CT molecular complexity index is 1240. The summed E-state index contributed by atoms with van der Waals surface area (Å²) in [5, 5.41) is 1.13. The van der Waals surface area contributed by atoms with E-state index in [0.717, 1.165) is 59.2 Å². The largest absolute Gasteiger partial charge is 0.494 e. The first-order valence-electron chi connectivity index (χ1n) is 12.6. The first-order chi connectivity index (χ1) is 16.7. The number of hydrogen-bond donors (Lipinski definition) is 1. The van der Waals surface area contributed by atoms with Crippen LogP contribution in [0.5, 0.6) is 5.75 Å². The number of amides is 2. The van der Waals surface area contributed by atoms with Crippen LogP contribution >= 0.6 is 0 Å². The second kappa shape index (κ2) is 8.49. The smallest absolute Gasteiger partial charge is 0.246 e. The number of piperazine rings is 1. The van der Waals surface area contributed by atoms with Crippen molar-refractivity contribution in [1.29, 1.82) is 0 Å². The predicted molar refractivity (Wildman–Crippen MR) is 131 cm³/mol. The number of rotatable bonds is 4. The Labute approximate surface area is 199 Å². The molecular formula is C28H31N3O3. The van der Waals surface area contributed by atoms with Crippen molar-refractivity contribution in [3.63, 3.8) is 0 Å². The topological polar surface area (TPSA) is 65.6 Å². The SMILES string of the molecule is CCOc1ccccc1C1c2[nH]c3ccccc3c2CC2C(=O)N(C3CCCCC3)CC(=O)N21. The number of carbonyl (C=O) groups is 2. The number of para-hydroxylation sites is 2. The molecule has 3 aliphatic rings. The highest BCUT2D eigenvalue weighted by Gasteiger charge is 2.50. The van der Waals surface area contributed by atoms with Crippen molar-refractivity contribution in [3.05, 3.63) is 65.4 Å². The first-order valence-corrected chi connectivity index (χ1v) is 12.6. The van der Waals surface area contributed by atoms with Gasteiger partial charge in [-0.1, -0.05) is 55.7 Å². The number of nitrogens with one attached hydrogen (secondary N) is 1. The average Bonchev–Trinajstić information content (AvgIpc) is 3.25. The third kappa shape index (κ3) is 3.30. The molecule has 6 nitrogen and oxygen atoms in total. The predicted octanol–water partition coefficient (Wildman–Crippen LogP) is 4.58. The van der Waals surface area contributed by atoms with Gasteiger partial charge in [-0.05, 0) is 37.5 Å². The molecule has 0 bridgehead atoms. The highest BCUT2D eigenvalue weighted by atomic mass is 16.5. The number of carbonyl (C=O) groups excluding carboxylic acids is 2. The number of benzene rings is 2. The Hall–Kier alpha value is -3.28. The summed E-state index contributed by atoms with van der Waals surface area (Å²) in [5.74, 6) is 0.882. The fraction of sp³-hybridized carbons (Fsp3) is 0.429. The Morgan fingerprint density at radius 3 is 2.59 bits per heavy atom. The lowest BCUT2D eigenvalue weighted by Gasteiger charge is -2.49. The number of fused-ring (bicyclic) bond motifs is 4. The molecule has 2 aliphatic heterocycles.